The minimum Gasteiger partial charge on any atom is -0.490 e. The van der Waals surface area contributed by atoms with Gasteiger partial charge in [0, 0.05) is 18.7 Å². The van der Waals surface area contributed by atoms with Crippen molar-refractivity contribution in [1.82, 2.24) is 15.1 Å². The Labute approximate surface area is 105 Å². The zero-order valence-corrected chi connectivity index (χ0v) is 10.5. The molecule has 0 unspecified atom stereocenters. The second kappa shape index (κ2) is 6.75. The van der Waals surface area contributed by atoms with E-state index >= 15 is 0 Å². The summed E-state index contributed by atoms with van der Waals surface area (Å²) < 4.78 is 6.24. The molecule has 7 nitrogen and oxygen atoms in total. The number of nitrogens with two attached hydrogens (primary N) is 1. The zero-order valence-electron chi connectivity index (χ0n) is 10.5. The predicted octanol–water partition coefficient (Wildman–Crippen LogP) is -0.895. The van der Waals surface area contributed by atoms with E-state index < -0.39 is 0 Å². The Bertz CT molecular complexity index is 456. The summed E-state index contributed by atoms with van der Waals surface area (Å²) in [7, 11) is 0. The summed E-state index contributed by atoms with van der Waals surface area (Å²) in [6.07, 6.45) is 1.39. The van der Waals surface area contributed by atoms with Crippen LogP contribution in [0, 0.1) is 0 Å². The number of carbonyl (C=O) groups excluding carboxylic acids is 1. The highest BCUT2D eigenvalue weighted by Crippen LogP contribution is 2.02. The van der Waals surface area contributed by atoms with E-state index in [9.17, 15) is 9.59 Å². The van der Waals surface area contributed by atoms with E-state index in [4.69, 9.17) is 10.5 Å². The van der Waals surface area contributed by atoms with Crippen LogP contribution in [0.4, 0.5) is 0 Å². The SMILES string of the molecule is CC(C)NC(=O)Cn1ncc(OCCN)cc1=O. The molecule has 100 valence electrons. The van der Waals surface area contributed by atoms with Gasteiger partial charge in [0.15, 0.2) is 0 Å². The number of hydrogen-bond donors (Lipinski definition) is 2. The summed E-state index contributed by atoms with van der Waals surface area (Å²) in [6, 6.07) is 1.31. The third-order valence-electron chi connectivity index (χ3n) is 1.97. The van der Waals surface area contributed by atoms with Gasteiger partial charge in [-0.15, -0.1) is 0 Å². The first kappa shape index (κ1) is 14.2. The molecule has 0 saturated carbocycles. The van der Waals surface area contributed by atoms with Crippen LogP contribution >= 0.6 is 0 Å². The fourth-order valence-electron chi connectivity index (χ4n) is 1.30. The molecule has 0 aromatic carbocycles. The van der Waals surface area contributed by atoms with E-state index in [0.29, 0.717) is 18.9 Å². The first-order chi connectivity index (χ1) is 8.52. The molecule has 0 saturated heterocycles. The van der Waals surface area contributed by atoms with Crippen molar-refractivity contribution in [2.75, 3.05) is 13.2 Å². The maximum absolute atomic E-state index is 11.6. The van der Waals surface area contributed by atoms with Gasteiger partial charge in [-0.05, 0) is 13.8 Å². The largest absolute Gasteiger partial charge is 0.490 e. The second-order valence-electron chi connectivity index (χ2n) is 4.05. The molecule has 3 N–H and O–H groups in total. The van der Waals surface area contributed by atoms with Crippen LogP contribution in [0.1, 0.15) is 13.8 Å². The van der Waals surface area contributed by atoms with Crippen molar-refractivity contribution in [2.24, 2.45) is 5.73 Å². The highest BCUT2D eigenvalue weighted by atomic mass is 16.5. The first-order valence-corrected chi connectivity index (χ1v) is 5.72. The van der Waals surface area contributed by atoms with Crippen molar-refractivity contribution in [3.8, 4) is 5.75 Å². The number of hydrogen-bond acceptors (Lipinski definition) is 5. The molecule has 0 aliphatic rings. The second-order valence-corrected chi connectivity index (χ2v) is 4.05. The van der Waals surface area contributed by atoms with Crippen LogP contribution in [0.15, 0.2) is 17.1 Å². The van der Waals surface area contributed by atoms with Gasteiger partial charge in [-0.2, -0.15) is 5.10 Å². The van der Waals surface area contributed by atoms with Gasteiger partial charge in [0.05, 0.1) is 6.20 Å². The van der Waals surface area contributed by atoms with Gasteiger partial charge < -0.3 is 15.8 Å². The molecular formula is C11H18N4O3. The lowest BCUT2D eigenvalue weighted by Crippen LogP contribution is -2.36. The Hall–Kier alpha value is -1.89. The molecule has 1 aromatic heterocycles. The lowest BCUT2D eigenvalue weighted by atomic mass is 10.4. The molecule has 1 amide bonds. The molecule has 0 bridgehead atoms. The summed E-state index contributed by atoms with van der Waals surface area (Å²) in [5, 5.41) is 6.54. The van der Waals surface area contributed by atoms with Crippen LogP contribution in [0.2, 0.25) is 0 Å². The van der Waals surface area contributed by atoms with E-state index in [1.807, 2.05) is 13.8 Å². The smallest absolute Gasteiger partial charge is 0.270 e. The van der Waals surface area contributed by atoms with Gasteiger partial charge in [-0.3, -0.25) is 9.59 Å². The average molecular weight is 254 g/mol. The normalized spacial score (nSPS) is 10.4. The Morgan fingerprint density at radius 2 is 2.33 bits per heavy atom. The zero-order chi connectivity index (χ0) is 13.5. The van der Waals surface area contributed by atoms with Gasteiger partial charge >= 0.3 is 0 Å². The van der Waals surface area contributed by atoms with Crippen molar-refractivity contribution in [2.45, 2.75) is 26.4 Å². The third-order valence-corrected chi connectivity index (χ3v) is 1.97. The number of ether oxygens (including phenoxy) is 1. The standard InChI is InChI=1S/C11H18N4O3/c1-8(2)14-10(16)7-15-11(17)5-9(6-13-15)18-4-3-12/h5-6,8H,3-4,7,12H2,1-2H3,(H,14,16). The van der Waals surface area contributed by atoms with E-state index in [2.05, 4.69) is 10.4 Å². The fraction of sp³-hybridized carbons (Fsp3) is 0.545. The molecular weight excluding hydrogens is 236 g/mol. The van der Waals surface area contributed by atoms with Crippen molar-refractivity contribution in [1.29, 1.82) is 0 Å². The molecule has 0 atom stereocenters. The van der Waals surface area contributed by atoms with Gasteiger partial charge in [0.1, 0.15) is 18.9 Å². The van der Waals surface area contributed by atoms with Crippen molar-refractivity contribution in [3.05, 3.63) is 22.6 Å². The summed E-state index contributed by atoms with van der Waals surface area (Å²) in [5.74, 6) is 0.0983. The Morgan fingerprint density at radius 1 is 1.61 bits per heavy atom. The van der Waals surface area contributed by atoms with Gasteiger partial charge in [0.25, 0.3) is 5.56 Å². The minimum atomic E-state index is -0.386. The molecule has 1 rings (SSSR count). The average Bonchev–Trinajstić information content (AvgIpc) is 2.28. The van der Waals surface area contributed by atoms with E-state index in [1.54, 1.807) is 0 Å². The molecule has 1 heterocycles. The van der Waals surface area contributed by atoms with Crippen molar-refractivity contribution >= 4 is 5.91 Å². The molecule has 0 aliphatic heterocycles. The lowest BCUT2D eigenvalue weighted by molar-refractivity contribution is -0.122. The van der Waals surface area contributed by atoms with Crippen LogP contribution in [0.25, 0.3) is 0 Å². The molecule has 0 spiro atoms. The van der Waals surface area contributed by atoms with E-state index in [-0.39, 0.29) is 24.1 Å². The van der Waals surface area contributed by atoms with Crippen LogP contribution in [0.5, 0.6) is 5.75 Å². The predicted molar refractivity (Wildman–Crippen MR) is 66.3 cm³/mol. The topological polar surface area (TPSA) is 99.2 Å². The Kier molecular flexibility index (Phi) is 5.31. The van der Waals surface area contributed by atoms with Gasteiger partial charge in [0.2, 0.25) is 5.91 Å². The minimum absolute atomic E-state index is 0.0281. The highest BCUT2D eigenvalue weighted by molar-refractivity contribution is 5.75. The Balaban J connectivity index is 2.68. The number of aromatic nitrogens is 2. The number of carbonyl (C=O) groups is 1. The van der Waals surface area contributed by atoms with Gasteiger partial charge in [-0.1, -0.05) is 0 Å². The maximum Gasteiger partial charge on any atom is 0.270 e. The number of nitrogens with zero attached hydrogens (tertiary/aromatic N) is 2. The van der Waals surface area contributed by atoms with Crippen LogP contribution in [-0.2, 0) is 11.3 Å². The monoisotopic (exact) mass is 254 g/mol. The molecule has 0 fully saturated rings. The summed E-state index contributed by atoms with van der Waals surface area (Å²) in [6.45, 7) is 4.27. The summed E-state index contributed by atoms with van der Waals surface area (Å²) in [4.78, 5) is 23.1. The highest BCUT2D eigenvalue weighted by Gasteiger charge is 2.07. The van der Waals surface area contributed by atoms with E-state index in [1.165, 1.54) is 12.3 Å². The van der Waals surface area contributed by atoms with Crippen LogP contribution in [0.3, 0.4) is 0 Å². The third kappa shape index (κ3) is 4.54. The first-order valence-electron chi connectivity index (χ1n) is 5.72. The quantitative estimate of drug-likeness (QED) is 0.685. The lowest BCUT2D eigenvalue weighted by Gasteiger charge is -2.09. The van der Waals surface area contributed by atoms with Crippen LogP contribution in [-0.4, -0.2) is 34.9 Å². The van der Waals surface area contributed by atoms with E-state index in [0.717, 1.165) is 4.68 Å². The Morgan fingerprint density at radius 3 is 2.89 bits per heavy atom. The van der Waals surface area contributed by atoms with Gasteiger partial charge in [-0.25, -0.2) is 4.68 Å². The number of amides is 1. The summed E-state index contributed by atoms with van der Waals surface area (Å²) >= 11 is 0. The fourth-order valence-corrected chi connectivity index (χ4v) is 1.30. The maximum atomic E-state index is 11.6. The molecule has 18 heavy (non-hydrogen) atoms. The molecule has 7 heteroatoms. The molecule has 1 aromatic rings. The molecule has 0 aliphatic carbocycles. The number of rotatable bonds is 6. The molecule has 0 radical (unpaired) electrons. The van der Waals surface area contributed by atoms with Crippen molar-refractivity contribution < 1.29 is 9.53 Å². The summed E-state index contributed by atoms with van der Waals surface area (Å²) in [5.41, 5.74) is 4.89. The number of nitrogens with one attached hydrogen (secondary N) is 1. The van der Waals surface area contributed by atoms with Crippen LogP contribution < -0.4 is 21.3 Å². The van der Waals surface area contributed by atoms with Crippen molar-refractivity contribution in [3.63, 3.8) is 0 Å².